The van der Waals surface area contributed by atoms with Crippen LogP contribution in [0.2, 0.25) is 0 Å². The molecule has 2 aromatic rings. The van der Waals surface area contributed by atoms with E-state index in [-0.39, 0.29) is 35.5 Å². The first-order valence-electron chi connectivity index (χ1n) is 12.0. The van der Waals surface area contributed by atoms with Gasteiger partial charge in [0.15, 0.2) is 0 Å². The first-order chi connectivity index (χ1) is 17.7. The summed E-state index contributed by atoms with van der Waals surface area (Å²) in [5, 5.41) is 2.17. The van der Waals surface area contributed by atoms with Crippen LogP contribution in [0.25, 0.3) is 0 Å². The van der Waals surface area contributed by atoms with Crippen LogP contribution in [-0.4, -0.2) is 49.6 Å². The van der Waals surface area contributed by atoms with Crippen molar-refractivity contribution in [3.63, 3.8) is 0 Å². The van der Waals surface area contributed by atoms with Crippen LogP contribution in [-0.2, 0) is 23.9 Å². The molecule has 0 bridgehead atoms. The van der Waals surface area contributed by atoms with Gasteiger partial charge in [0.05, 0.1) is 22.6 Å². The summed E-state index contributed by atoms with van der Waals surface area (Å²) >= 11 is 0. The van der Waals surface area contributed by atoms with Crippen LogP contribution in [0.3, 0.4) is 0 Å². The maximum absolute atomic E-state index is 12.9. The Balaban J connectivity index is 1.25. The topological polar surface area (TPSA) is 127 Å². The Morgan fingerprint density at radius 2 is 1.70 bits per heavy atom. The Morgan fingerprint density at radius 1 is 0.973 bits per heavy atom. The van der Waals surface area contributed by atoms with Crippen molar-refractivity contribution in [2.24, 2.45) is 0 Å². The lowest BCUT2D eigenvalue weighted by molar-refractivity contribution is -0.136. The summed E-state index contributed by atoms with van der Waals surface area (Å²) in [5.41, 5.74) is 1.93. The summed E-state index contributed by atoms with van der Waals surface area (Å²) in [4.78, 5) is 50.2. The van der Waals surface area contributed by atoms with Crippen LogP contribution in [0.15, 0.2) is 47.4 Å². The lowest BCUT2D eigenvalue weighted by Crippen LogP contribution is -2.54. The van der Waals surface area contributed by atoms with Crippen molar-refractivity contribution in [1.82, 2.24) is 10.2 Å². The molecule has 1 N–H and O–H groups in total. The zero-order valence-corrected chi connectivity index (χ0v) is 21.1. The fraction of sp³-hybridized carbons (Fsp3) is 0.333. The van der Waals surface area contributed by atoms with Gasteiger partial charge in [0.2, 0.25) is 11.8 Å². The number of benzene rings is 2. The predicted molar refractivity (Wildman–Crippen MR) is 133 cm³/mol. The smallest absolute Gasteiger partial charge is 0.295 e. The second-order valence-corrected chi connectivity index (χ2v) is 10.5. The highest BCUT2D eigenvalue weighted by Crippen LogP contribution is 2.28. The van der Waals surface area contributed by atoms with E-state index in [0.717, 1.165) is 23.3 Å². The van der Waals surface area contributed by atoms with Gasteiger partial charge in [0.25, 0.3) is 21.9 Å². The lowest BCUT2D eigenvalue weighted by Gasteiger charge is -2.27. The number of unbranched alkanes of at least 4 members (excludes halogenated alkanes) is 3. The van der Waals surface area contributed by atoms with Gasteiger partial charge in [-0.1, -0.05) is 36.0 Å². The molecule has 192 valence electrons. The number of nitrogens with one attached hydrogen (secondary N) is 1. The summed E-state index contributed by atoms with van der Waals surface area (Å²) in [6.07, 6.45) is 2.78. The van der Waals surface area contributed by atoms with Gasteiger partial charge in [-0.3, -0.25) is 33.6 Å². The third kappa shape index (κ3) is 5.96. The summed E-state index contributed by atoms with van der Waals surface area (Å²) in [6.45, 7) is 1.97. The summed E-state index contributed by atoms with van der Waals surface area (Å²) in [6, 6.07) is 10.2. The molecule has 1 atom stereocenters. The molecule has 2 heterocycles. The molecule has 2 aliphatic rings. The Morgan fingerprint density at radius 3 is 2.43 bits per heavy atom. The van der Waals surface area contributed by atoms with Crippen LogP contribution in [0.4, 0.5) is 0 Å². The van der Waals surface area contributed by atoms with E-state index in [9.17, 15) is 27.6 Å². The van der Waals surface area contributed by atoms with Crippen LogP contribution in [0, 0.1) is 18.8 Å². The predicted octanol–water partition coefficient (Wildman–Crippen LogP) is 2.71. The van der Waals surface area contributed by atoms with Crippen LogP contribution >= 0.6 is 0 Å². The number of aryl methyl sites for hydroxylation is 1. The van der Waals surface area contributed by atoms with Gasteiger partial charge in [-0.25, -0.2) is 0 Å². The number of piperidine rings is 1. The van der Waals surface area contributed by atoms with E-state index in [1.807, 2.05) is 6.92 Å². The summed E-state index contributed by atoms with van der Waals surface area (Å²) in [7, 11) is -3.76. The van der Waals surface area contributed by atoms with E-state index in [4.69, 9.17) is 4.18 Å². The molecule has 4 amide bonds. The molecule has 1 fully saturated rings. The van der Waals surface area contributed by atoms with Crippen molar-refractivity contribution in [1.29, 1.82) is 0 Å². The number of nitrogens with zero attached hydrogens (tertiary/aromatic N) is 1. The number of carbonyl (C=O) groups excluding carboxylic acids is 4. The molecule has 0 saturated carbocycles. The van der Waals surface area contributed by atoms with Crippen molar-refractivity contribution in [3.05, 3.63) is 64.7 Å². The van der Waals surface area contributed by atoms with Gasteiger partial charge in [0.1, 0.15) is 6.04 Å². The molecule has 0 aromatic heterocycles. The van der Waals surface area contributed by atoms with Gasteiger partial charge >= 0.3 is 0 Å². The van der Waals surface area contributed by atoms with Gasteiger partial charge in [-0.15, -0.1) is 0 Å². The zero-order valence-electron chi connectivity index (χ0n) is 20.3. The second-order valence-electron chi connectivity index (χ2n) is 8.91. The first-order valence-corrected chi connectivity index (χ1v) is 13.4. The third-order valence-corrected chi connectivity index (χ3v) is 7.49. The van der Waals surface area contributed by atoms with Crippen LogP contribution in [0.5, 0.6) is 0 Å². The number of imide groups is 2. The highest BCUT2D eigenvalue weighted by Gasteiger charge is 2.44. The Kier molecular flexibility index (Phi) is 7.86. The quantitative estimate of drug-likeness (QED) is 0.244. The average Bonchev–Trinajstić information content (AvgIpc) is 3.10. The molecular weight excluding hydrogens is 496 g/mol. The Bertz CT molecular complexity index is 1420. The van der Waals surface area contributed by atoms with E-state index in [1.54, 1.807) is 18.2 Å². The molecule has 0 aliphatic carbocycles. The standard InChI is InChI=1S/C27H26N2O7S/c1-18-8-11-20(12-9-18)37(34,35)36-16-6-4-2-3-5-7-19-10-13-21-22(17-19)27(33)29(26(21)32)23-14-15-24(30)28-25(23)31/h8-13,17,23H,2-4,6,14-16H2,1H3,(H,28,30,31). The summed E-state index contributed by atoms with van der Waals surface area (Å²) < 4.78 is 29.4. The molecule has 37 heavy (non-hydrogen) atoms. The number of hydrogen-bond acceptors (Lipinski definition) is 7. The molecule has 0 radical (unpaired) electrons. The number of hydrogen-bond donors (Lipinski definition) is 1. The van der Waals surface area contributed by atoms with Crippen molar-refractivity contribution in [2.45, 2.75) is 56.4 Å². The molecule has 1 saturated heterocycles. The minimum Gasteiger partial charge on any atom is -0.295 e. The molecule has 4 rings (SSSR count). The molecule has 0 spiro atoms. The zero-order chi connectivity index (χ0) is 26.6. The highest BCUT2D eigenvalue weighted by atomic mass is 32.2. The average molecular weight is 523 g/mol. The number of amides is 4. The number of rotatable bonds is 8. The Labute approximate surface area is 215 Å². The molecule has 2 aromatic carbocycles. The summed E-state index contributed by atoms with van der Waals surface area (Å²) in [5.74, 6) is 3.80. The van der Waals surface area contributed by atoms with E-state index in [0.29, 0.717) is 18.4 Å². The maximum Gasteiger partial charge on any atom is 0.296 e. The SMILES string of the molecule is Cc1ccc(S(=O)(=O)OCCCCCC#Cc2ccc3c(c2)C(=O)N(C2CCC(=O)NC2=O)C3=O)cc1. The van der Waals surface area contributed by atoms with Crippen LogP contribution in [0.1, 0.15) is 70.4 Å². The lowest BCUT2D eigenvalue weighted by atomic mass is 10.0. The highest BCUT2D eigenvalue weighted by molar-refractivity contribution is 7.86. The number of fused-ring (bicyclic) bond motifs is 1. The van der Waals surface area contributed by atoms with Gasteiger partial charge in [0, 0.05) is 18.4 Å². The van der Waals surface area contributed by atoms with Gasteiger partial charge in [-0.2, -0.15) is 8.42 Å². The fourth-order valence-electron chi connectivity index (χ4n) is 4.15. The monoisotopic (exact) mass is 522 g/mol. The molecule has 10 heteroatoms. The van der Waals surface area contributed by atoms with E-state index < -0.39 is 39.8 Å². The second kappa shape index (κ2) is 11.1. The Hall–Kier alpha value is -3.81. The van der Waals surface area contributed by atoms with Crippen molar-refractivity contribution < 1.29 is 31.8 Å². The largest absolute Gasteiger partial charge is 0.296 e. The van der Waals surface area contributed by atoms with Crippen molar-refractivity contribution in [2.75, 3.05) is 6.61 Å². The molecule has 1 unspecified atom stereocenters. The molecule has 2 aliphatic heterocycles. The molecule has 9 nitrogen and oxygen atoms in total. The van der Waals surface area contributed by atoms with E-state index in [1.165, 1.54) is 24.3 Å². The molecular formula is C27H26N2O7S. The minimum absolute atomic E-state index is 0.0647. The third-order valence-electron chi connectivity index (χ3n) is 6.17. The fourth-order valence-corrected chi connectivity index (χ4v) is 5.09. The van der Waals surface area contributed by atoms with Gasteiger partial charge < -0.3 is 0 Å². The minimum atomic E-state index is -3.76. The normalized spacial score (nSPS) is 17.3. The maximum atomic E-state index is 12.9. The van der Waals surface area contributed by atoms with Gasteiger partial charge in [-0.05, 0) is 56.5 Å². The number of carbonyl (C=O) groups is 4. The van der Waals surface area contributed by atoms with Crippen LogP contribution < -0.4 is 5.32 Å². The first kappa shape index (κ1) is 26.3. The van der Waals surface area contributed by atoms with E-state index in [2.05, 4.69) is 17.2 Å². The van der Waals surface area contributed by atoms with E-state index >= 15 is 0 Å². The van der Waals surface area contributed by atoms with Crippen molar-refractivity contribution >= 4 is 33.7 Å². The van der Waals surface area contributed by atoms with Crippen molar-refractivity contribution in [3.8, 4) is 11.8 Å².